The normalized spacial score (nSPS) is 21.7. The van der Waals surface area contributed by atoms with Crippen molar-refractivity contribution in [3.8, 4) is 5.75 Å². The lowest BCUT2D eigenvalue weighted by Crippen LogP contribution is -2.44. The lowest BCUT2D eigenvalue weighted by molar-refractivity contribution is -0.139. The summed E-state index contributed by atoms with van der Waals surface area (Å²) in [6, 6.07) is 3.29. The van der Waals surface area contributed by atoms with Gasteiger partial charge in [-0.15, -0.1) is 0 Å². The molecule has 3 aliphatic rings. The van der Waals surface area contributed by atoms with E-state index in [1.165, 1.54) is 0 Å². The molecular formula is C27H31Cl2NO5. The summed E-state index contributed by atoms with van der Waals surface area (Å²) in [5.74, 6) is -1.59. The van der Waals surface area contributed by atoms with Crippen molar-refractivity contribution in [2.45, 2.75) is 66.2 Å². The van der Waals surface area contributed by atoms with Crippen LogP contribution in [0.3, 0.4) is 0 Å². The number of carboxylic acid groups (broad SMARTS) is 1. The van der Waals surface area contributed by atoms with Gasteiger partial charge in [-0.1, -0.05) is 50.9 Å². The van der Waals surface area contributed by atoms with Crippen LogP contribution in [0.5, 0.6) is 5.75 Å². The van der Waals surface area contributed by atoms with Crippen molar-refractivity contribution < 1.29 is 24.2 Å². The number of nitrogens with zero attached hydrogens (tertiary/aromatic N) is 1. The molecule has 8 heteroatoms. The standard InChI is InChI=1S/C27H31Cl2NO5/c1-6-30-17-9-26(2,3)11-19(31)23(17)22(24-18(30)10-27(4,5)12-20(24)32)14-7-15(28)25(16(29)8-14)35-13-21(33)34/h7-8,22H,6,9-13H2,1-5H3,(H,33,34). The molecule has 188 valence electrons. The number of ketones is 2. The lowest BCUT2D eigenvalue weighted by Gasteiger charge is -2.49. The zero-order valence-electron chi connectivity index (χ0n) is 20.8. The molecule has 0 atom stereocenters. The average Bonchev–Trinajstić information content (AvgIpc) is 2.69. The molecule has 0 aromatic heterocycles. The molecule has 0 bridgehead atoms. The van der Waals surface area contributed by atoms with E-state index in [-0.39, 0.29) is 38.2 Å². The molecule has 6 nitrogen and oxygen atoms in total. The lowest BCUT2D eigenvalue weighted by atomic mass is 9.63. The second-order valence-electron chi connectivity index (χ2n) is 11.3. The molecule has 1 aromatic carbocycles. The van der Waals surface area contributed by atoms with E-state index in [1.54, 1.807) is 12.1 Å². The average molecular weight is 520 g/mol. The van der Waals surface area contributed by atoms with E-state index in [4.69, 9.17) is 33.0 Å². The van der Waals surface area contributed by atoms with Crippen LogP contribution in [0.25, 0.3) is 0 Å². The third kappa shape index (κ3) is 4.75. The minimum atomic E-state index is -1.15. The molecule has 0 saturated carbocycles. The number of carbonyl (C=O) groups excluding carboxylic acids is 2. The van der Waals surface area contributed by atoms with Crippen molar-refractivity contribution in [1.82, 2.24) is 4.90 Å². The van der Waals surface area contributed by atoms with Gasteiger partial charge in [-0.3, -0.25) is 9.59 Å². The highest BCUT2D eigenvalue weighted by atomic mass is 35.5. The van der Waals surface area contributed by atoms with Crippen LogP contribution in [-0.4, -0.2) is 40.7 Å². The quantitative estimate of drug-likeness (QED) is 0.501. The van der Waals surface area contributed by atoms with E-state index in [9.17, 15) is 14.4 Å². The van der Waals surface area contributed by atoms with Gasteiger partial charge in [-0.25, -0.2) is 4.79 Å². The van der Waals surface area contributed by atoms with Gasteiger partial charge in [0.15, 0.2) is 23.9 Å². The molecule has 1 N–H and O–H groups in total. The van der Waals surface area contributed by atoms with E-state index in [0.29, 0.717) is 36.1 Å². The molecule has 4 rings (SSSR count). The highest BCUT2D eigenvalue weighted by Gasteiger charge is 2.48. The van der Waals surface area contributed by atoms with Crippen LogP contribution in [0.4, 0.5) is 0 Å². The number of Topliss-reactive ketones (excluding diaryl/α,β-unsaturated/α-hetero) is 2. The van der Waals surface area contributed by atoms with Crippen LogP contribution in [-0.2, 0) is 14.4 Å². The van der Waals surface area contributed by atoms with Crippen LogP contribution in [0, 0.1) is 10.8 Å². The number of ether oxygens (including phenoxy) is 1. The minimum Gasteiger partial charge on any atom is -0.479 e. The summed E-state index contributed by atoms with van der Waals surface area (Å²) in [5, 5.41) is 9.25. The van der Waals surface area contributed by atoms with Gasteiger partial charge >= 0.3 is 5.97 Å². The SMILES string of the molecule is CCN1C2=C(C(=O)CC(C)(C)C2)C(c2cc(Cl)c(OCC(=O)O)c(Cl)c2)C2=C1CC(C)(C)CC2=O. The number of benzene rings is 1. The smallest absolute Gasteiger partial charge is 0.341 e. The van der Waals surface area contributed by atoms with Gasteiger partial charge in [0.1, 0.15) is 0 Å². The second-order valence-corrected chi connectivity index (χ2v) is 12.1. The molecule has 0 saturated heterocycles. The first-order valence-electron chi connectivity index (χ1n) is 11.9. The van der Waals surface area contributed by atoms with Crippen molar-refractivity contribution in [2.24, 2.45) is 10.8 Å². The molecule has 0 unspecified atom stereocenters. The Morgan fingerprint density at radius 1 is 0.971 bits per heavy atom. The van der Waals surface area contributed by atoms with Gasteiger partial charge in [-0.05, 0) is 48.3 Å². The zero-order chi connectivity index (χ0) is 25.9. The number of hydrogen-bond donors (Lipinski definition) is 1. The Labute approximate surface area is 215 Å². The molecule has 1 aromatic rings. The van der Waals surface area contributed by atoms with Gasteiger partial charge in [0.25, 0.3) is 0 Å². The molecule has 1 heterocycles. The van der Waals surface area contributed by atoms with Crippen LogP contribution in [0.1, 0.15) is 71.8 Å². The Balaban J connectivity index is 1.94. The number of rotatable bonds is 5. The van der Waals surface area contributed by atoms with E-state index in [1.807, 2.05) is 0 Å². The molecule has 0 spiro atoms. The minimum absolute atomic E-state index is 0.0299. The number of aliphatic carboxylic acids is 1. The largest absolute Gasteiger partial charge is 0.479 e. The molecule has 0 amide bonds. The highest BCUT2D eigenvalue weighted by Crippen LogP contribution is 2.55. The highest BCUT2D eigenvalue weighted by molar-refractivity contribution is 6.37. The fourth-order valence-electron chi connectivity index (χ4n) is 5.78. The molecular weight excluding hydrogens is 489 g/mol. The first-order valence-corrected chi connectivity index (χ1v) is 12.6. The van der Waals surface area contributed by atoms with Crippen LogP contribution < -0.4 is 4.74 Å². The Kier molecular flexibility index (Phi) is 6.60. The molecule has 35 heavy (non-hydrogen) atoms. The van der Waals surface area contributed by atoms with Crippen LogP contribution in [0.2, 0.25) is 10.0 Å². The maximum Gasteiger partial charge on any atom is 0.341 e. The first kappa shape index (κ1) is 25.8. The predicted molar refractivity (Wildman–Crippen MR) is 135 cm³/mol. The van der Waals surface area contributed by atoms with E-state index in [2.05, 4.69) is 39.5 Å². The van der Waals surface area contributed by atoms with Crippen molar-refractivity contribution in [3.05, 3.63) is 50.3 Å². The number of hydrogen-bond acceptors (Lipinski definition) is 5. The molecule has 2 aliphatic carbocycles. The number of halogens is 2. The molecule has 0 fully saturated rings. The van der Waals surface area contributed by atoms with Crippen molar-refractivity contribution in [3.63, 3.8) is 0 Å². The Morgan fingerprint density at radius 2 is 1.43 bits per heavy atom. The molecule has 1 aliphatic heterocycles. The monoisotopic (exact) mass is 519 g/mol. The fraction of sp³-hybridized carbons (Fsp3) is 0.519. The summed E-state index contributed by atoms with van der Waals surface area (Å²) >= 11 is 13.0. The Hall–Kier alpha value is -2.31. The zero-order valence-corrected chi connectivity index (χ0v) is 22.3. The Morgan fingerprint density at radius 3 is 1.83 bits per heavy atom. The number of carboxylic acids is 1. The van der Waals surface area contributed by atoms with Crippen molar-refractivity contribution in [2.75, 3.05) is 13.2 Å². The summed E-state index contributed by atoms with van der Waals surface area (Å²) in [5.41, 5.74) is 3.49. The predicted octanol–water partition coefficient (Wildman–Crippen LogP) is 6.16. The van der Waals surface area contributed by atoms with Gasteiger partial charge < -0.3 is 14.7 Å². The van der Waals surface area contributed by atoms with Crippen LogP contribution >= 0.6 is 23.2 Å². The molecule has 0 radical (unpaired) electrons. The van der Waals surface area contributed by atoms with Gasteiger partial charge in [0, 0.05) is 47.8 Å². The van der Waals surface area contributed by atoms with Gasteiger partial charge in [0.2, 0.25) is 0 Å². The van der Waals surface area contributed by atoms with Crippen LogP contribution in [0.15, 0.2) is 34.7 Å². The summed E-state index contributed by atoms with van der Waals surface area (Å²) < 4.78 is 5.29. The third-order valence-electron chi connectivity index (χ3n) is 7.03. The van der Waals surface area contributed by atoms with E-state index < -0.39 is 18.5 Å². The maximum absolute atomic E-state index is 13.6. The fourth-order valence-corrected chi connectivity index (χ4v) is 6.39. The van der Waals surface area contributed by atoms with Gasteiger partial charge in [-0.2, -0.15) is 0 Å². The topological polar surface area (TPSA) is 83.9 Å². The third-order valence-corrected chi connectivity index (χ3v) is 7.59. The number of carbonyl (C=O) groups is 3. The number of allylic oxidation sites excluding steroid dienone is 4. The van der Waals surface area contributed by atoms with Gasteiger partial charge in [0.05, 0.1) is 10.0 Å². The summed E-state index contributed by atoms with van der Waals surface area (Å²) in [7, 11) is 0. The van der Waals surface area contributed by atoms with E-state index in [0.717, 1.165) is 24.2 Å². The van der Waals surface area contributed by atoms with Crippen molar-refractivity contribution in [1.29, 1.82) is 0 Å². The second kappa shape index (κ2) is 8.97. The summed E-state index contributed by atoms with van der Waals surface area (Å²) in [6.07, 6.45) is 2.24. The maximum atomic E-state index is 13.6. The first-order chi connectivity index (χ1) is 16.2. The van der Waals surface area contributed by atoms with E-state index >= 15 is 0 Å². The van der Waals surface area contributed by atoms with Crippen molar-refractivity contribution >= 4 is 40.7 Å². The Bertz CT molecular complexity index is 1120. The summed E-state index contributed by atoms with van der Waals surface area (Å²) in [6.45, 7) is 10.5. The summed E-state index contributed by atoms with van der Waals surface area (Å²) in [4.78, 5) is 40.4.